The van der Waals surface area contributed by atoms with Crippen molar-refractivity contribution in [2.45, 2.75) is 26.8 Å². The van der Waals surface area contributed by atoms with E-state index in [9.17, 15) is 0 Å². The molecule has 1 fully saturated rings. The molecular formula is C24H35ClN2O2. The number of halogens is 1. The quantitative estimate of drug-likeness (QED) is 0.645. The molecule has 4 nitrogen and oxygen atoms in total. The zero-order chi connectivity index (χ0) is 21.1. The minimum Gasteiger partial charge on any atom is -0.394 e. The Labute approximate surface area is 181 Å². The number of aryl methyl sites for hydroxylation is 1. The number of hydrogen-bond acceptors (Lipinski definition) is 4. The van der Waals surface area contributed by atoms with Gasteiger partial charge in [0.15, 0.2) is 0 Å². The largest absolute Gasteiger partial charge is 0.394 e. The predicted molar refractivity (Wildman–Crippen MR) is 122 cm³/mol. The van der Waals surface area contributed by atoms with Crippen LogP contribution in [0.3, 0.4) is 0 Å². The molecule has 0 saturated carbocycles. The Morgan fingerprint density at radius 2 is 1.66 bits per heavy atom. The number of nitrogens with zero attached hydrogens (tertiary/aromatic N) is 2. The van der Waals surface area contributed by atoms with Gasteiger partial charge in [-0.2, -0.15) is 0 Å². The summed E-state index contributed by atoms with van der Waals surface area (Å²) in [5, 5.41) is 9.62. The fourth-order valence-corrected chi connectivity index (χ4v) is 3.81. The zero-order valence-corrected chi connectivity index (χ0v) is 18.7. The van der Waals surface area contributed by atoms with Crippen LogP contribution in [-0.4, -0.2) is 67.5 Å². The van der Waals surface area contributed by atoms with Gasteiger partial charge in [-0.15, -0.1) is 0 Å². The van der Waals surface area contributed by atoms with Crippen LogP contribution in [0.4, 0.5) is 0 Å². The van der Waals surface area contributed by atoms with Crippen LogP contribution in [-0.2, 0) is 4.74 Å². The molecule has 1 atom stereocenters. The highest BCUT2D eigenvalue weighted by molar-refractivity contribution is 6.31. The molecule has 1 unspecified atom stereocenters. The maximum absolute atomic E-state index is 8.80. The van der Waals surface area contributed by atoms with Crippen LogP contribution in [0.5, 0.6) is 0 Å². The number of hydrogen-bond donors (Lipinski definition) is 1. The molecule has 1 aliphatic heterocycles. The maximum Gasteiger partial charge on any atom is 0.0698 e. The molecule has 0 radical (unpaired) electrons. The van der Waals surface area contributed by atoms with Gasteiger partial charge in [-0.3, -0.25) is 9.80 Å². The highest BCUT2D eigenvalue weighted by Crippen LogP contribution is 2.31. The van der Waals surface area contributed by atoms with E-state index in [4.69, 9.17) is 21.4 Å². The summed E-state index contributed by atoms with van der Waals surface area (Å²) in [5.74, 6) is 0. The summed E-state index contributed by atoms with van der Waals surface area (Å²) in [6.45, 7) is 12.3. The van der Waals surface area contributed by atoms with E-state index in [1.165, 1.54) is 11.1 Å². The summed E-state index contributed by atoms with van der Waals surface area (Å²) >= 11 is 6.26. The van der Waals surface area contributed by atoms with Crippen LogP contribution in [0.1, 0.15) is 36.6 Å². The lowest BCUT2D eigenvalue weighted by Gasteiger charge is -2.40. The number of piperazine rings is 1. The molecule has 29 heavy (non-hydrogen) atoms. The fourth-order valence-electron chi connectivity index (χ4n) is 3.69. The van der Waals surface area contributed by atoms with E-state index < -0.39 is 0 Å². The van der Waals surface area contributed by atoms with Gasteiger partial charge < -0.3 is 9.84 Å². The second-order valence-electron chi connectivity index (χ2n) is 7.04. The Balaban J connectivity index is 0.00000145. The fraction of sp³-hybridized carbons (Fsp3) is 0.500. The van der Waals surface area contributed by atoms with Gasteiger partial charge in [0.05, 0.1) is 25.9 Å². The summed E-state index contributed by atoms with van der Waals surface area (Å²) in [6, 6.07) is 17.3. The molecule has 0 aliphatic carbocycles. The van der Waals surface area contributed by atoms with Crippen molar-refractivity contribution < 1.29 is 9.84 Å². The van der Waals surface area contributed by atoms with Crippen molar-refractivity contribution in [3.05, 3.63) is 70.2 Å². The molecule has 2 aromatic carbocycles. The Morgan fingerprint density at radius 3 is 2.28 bits per heavy atom. The number of aliphatic hydroxyl groups is 1. The van der Waals surface area contributed by atoms with Gasteiger partial charge in [-0.1, -0.05) is 67.9 Å². The SMILES string of the molecule is CC.Cc1cc(C(c2ccccc2)N2CCN(CCOCCO)CC2)ccc1Cl. The van der Waals surface area contributed by atoms with Crippen molar-refractivity contribution in [1.29, 1.82) is 0 Å². The third-order valence-corrected chi connectivity index (χ3v) is 5.60. The molecule has 1 N–H and O–H groups in total. The number of rotatable bonds is 8. The van der Waals surface area contributed by atoms with Crippen LogP contribution in [0, 0.1) is 6.92 Å². The topological polar surface area (TPSA) is 35.9 Å². The van der Waals surface area contributed by atoms with Gasteiger partial charge in [0.25, 0.3) is 0 Å². The van der Waals surface area contributed by atoms with Crippen molar-refractivity contribution in [2.24, 2.45) is 0 Å². The average Bonchev–Trinajstić information content (AvgIpc) is 2.77. The van der Waals surface area contributed by atoms with E-state index in [0.29, 0.717) is 13.2 Å². The van der Waals surface area contributed by atoms with Crippen molar-refractivity contribution in [1.82, 2.24) is 9.80 Å². The number of ether oxygens (including phenoxy) is 1. The lowest BCUT2D eigenvalue weighted by molar-refractivity contribution is 0.0522. The average molecular weight is 419 g/mol. The molecule has 0 aromatic heterocycles. The van der Waals surface area contributed by atoms with E-state index in [1.807, 2.05) is 19.9 Å². The molecule has 1 heterocycles. The van der Waals surface area contributed by atoms with E-state index in [2.05, 4.69) is 59.2 Å². The van der Waals surface area contributed by atoms with Crippen LogP contribution in [0.15, 0.2) is 48.5 Å². The Bertz CT molecular complexity index is 703. The number of benzene rings is 2. The molecule has 3 rings (SSSR count). The van der Waals surface area contributed by atoms with Crippen LogP contribution < -0.4 is 0 Å². The van der Waals surface area contributed by atoms with Crippen molar-refractivity contribution in [2.75, 3.05) is 52.5 Å². The van der Waals surface area contributed by atoms with Crippen LogP contribution in [0.25, 0.3) is 0 Å². The van der Waals surface area contributed by atoms with E-state index >= 15 is 0 Å². The predicted octanol–water partition coefficient (Wildman–Crippen LogP) is 4.39. The first kappa shape index (κ1) is 23.8. The molecule has 2 aromatic rings. The highest BCUT2D eigenvalue weighted by atomic mass is 35.5. The third-order valence-electron chi connectivity index (χ3n) is 5.17. The van der Waals surface area contributed by atoms with Gasteiger partial charge in [-0.05, 0) is 29.7 Å². The Hall–Kier alpha value is -1.43. The second kappa shape index (κ2) is 13.0. The minimum absolute atomic E-state index is 0.0903. The summed E-state index contributed by atoms with van der Waals surface area (Å²) in [7, 11) is 0. The van der Waals surface area contributed by atoms with E-state index in [-0.39, 0.29) is 12.6 Å². The molecule has 1 aliphatic rings. The summed E-state index contributed by atoms with van der Waals surface area (Å²) in [6.07, 6.45) is 0. The smallest absolute Gasteiger partial charge is 0.0698 e. The van der Waals surface area contributed by atoms with Gasteiger partial charge >= 0.3 is 0 Å². The standard InChI is InChI=1S/C22H29ClN2O2.C2H6/c1-18-17-20(7-8-21(18)23)22(19-5-3-2-4-6-19)25-11-9-24(10-12-25)13-15-27-16-14-26;1-2/h2-8,17,22,26H,9-16H2,1H3;1-2H3. The minimum atomic E-state index is 0.0903. The first-order valence-electron chi connectivity index (χ1n) is 10.6. The normalized spacial score (nSPS) is 16.2. The first-order chi connectivity index (χ1) is 14.2. The molecule has 0 amide bonds. The van der Waals surface area contributed by atoms with Gasteiger partial charge in [0.2, 0.25) is 0 Å². The Morgan fingerprint density at radius 1 is 0.966 bits per heavy atom. The van der Waals surface area contributed by atoms with Gasteiger partial charge in [-0.25, -0.2) is 0 Å². The third kappa shape index (κ3) is 7.09. The van der Waals surface area contributed by atoms with Gasteiger partial charge in [0.1, 0.15) is 0 Å². The monoisotopic (exact) mass is 418 g/mol. The number of aliphatic hydroxyl groups excluding tert-OH is 1. The lowest BCUT2D eigenvalue weighted by Crippen LogP contribution is -2.48. The molecule has 0 bridgehead atoms. The van der Waals surface area contributed by atoms with Crippen molar-refractivity contribution in [3.63, 3.8) is 0 Å². The van der Waals surface area contributed by atoms with Gasteiger partial charge in [0, 0.05) is 37.7 Å². The van der Waals surface area contributed by atoms with E-state index in [1.54, 1.807) is 0 Å². The molecule has 160 valence electrons. The molecular weight excluding hydrogens is 384 g/mol. The van der Waals surface area contributed by atoms with Crippen molar-refractivity contribution >= 4 is 11.6 Å². The summed E-state index contributed by atoms with van der Waals surface area (Å²) in [5.41, 5.74) is 3.73. The van der Waals surface area contributed by atoms with Crippen LogP contribution >= 0.6 is 11.6 Å². The maximum atomic E-state index is 8.80. The first-order valence-corrected chi connectivity index (χ1v) is 11.0. The Kier molecular flexibility index (Phi) is 10.7. The second-order valence-corrected chi connectivity index (χ2v) is 7.44. The highest BCUT2D eigenvalue weighted by Gasteiger charge is 2.26. The zero-order valence-electron chi connectivity index (χ0n) is 18.0. The van der Waals surface area contributed by atoms with E-state index in [0.717, 1.165) is 43.3 Å². The lowest BCUT2D eigenvalue weighted by atomic mass is 9.95. The molecule has 0 spiro atoms. The summed E-state index contributed by atoms with van der Waals surface area (Å²) < 4.78 is 5.41. The van der Waals surface area contributed by atoms with Crippen LogP contribution in [0.2, 0.25) is 5.02 Å². The molecule has 1 saturated heterocycles. The molecule has 5 heteroatoms. The summed E-state index contributed by atoms with van der Waals surface area (Å²) in [4.78, 5) is 4.99. The van der Waals surface area contributed by atoms with Crippen molar-refractivity contribution in [3.8, 4) is 0 Å².